The van der Waals surface area contributed by atoms with Crippen LogP contribution in [0.5, 0.6) is 0 Å². The molecule has 5 rings (SSSR count). The van der Waals surface area contributed by atoms with Gasteiger partial charge in [0.1, 0.15) is 10.8 Å². The SMILES string of the molecule is N[C@@H](Cc1cscn1)C(=O)Nc1cccc(-c2nn3c(=O)cc(N4CCCCC4)nc3s2)c1. The van der Waals surface area contributed by atoms with Crippen molar-refractivity contribution in [1.82, 2.24) is 19.6 Å². The molecule has 4 heterocycles. The van der Waals surface area contributed by atoms with Crippen molar-refractivity contribution in [3.8, 4) is 10.6 Å². The number of aromatic nitrogens is 4. The first-order valence-electron chi connectivity index (χ1n) is 10.8. The third-order valence-electron chi connectivity index (χ3n) is 5.54. The van der Waals surface area contributed by atoms with Crippen molar-refractivity contribution >= 4 is 45.0 Å². The van der Waals surface area contributed by atoms with E-state index < -0.39 is 6.04 Å². The Balaban J connectivity index is 1.36. The maximum atomic E-state index is 12.7. The first kappa shape index (κ1) is 21.7. The molecule has 0 bridgehead atoms. The van der Waals surface area contributed by atoms with E-state index in [4.69, 9.17) is 5.73 Å². The van der Waals surface area contributed by atoms with Gasteiger partial charge in [0.15, 0.2) is 0 Å². The number of thiazole rings is 1. The number of carbonyl (C=O) groups excluding carboxylic acids is 1. The molecule has 1 atom stereocenters. The maximum absolute atomic E-state index is 12.7. The van der Waals surface area contributed by atoms with Gasteiger partial charge >= 0.3 is 0 Å². The second-order valence-electron chi connectivity index (χ2n) is 7.96. The molecule has 11 heteroatoms. The number of nitrogens with two attached hydrogens (primary N) is 1. The first-order valence-corrected chi connectivity index (χ1v) is 12.5. The van der Waals surface area contributed by atoms with E-state index in [2.05, 4.69) is 25.3 Å². The lowest BCUT2D eigenvalue weighted by Crippen LogP contribution is -2.37. The number of amides is 1. The topological polar surface area (TPSA) is 119 Å². The number of benzene rings is 1. The van der Waals surface area contributed by atoms with Gasteiger partial charge in [0.2, 0.25) is 10.9 Å². The van der Waals surface area contributed by atoms with Crippen LogP contribution in [-0.4, -0.2) is 44.6 Å². The fraction of sp³-hybridized carbons (Fsp3) is 0.318. The third-order valence-corrected chi connectivity index (χ3v) is 7.13. The Bertz CT molecular complexity index is 1330. The van der Waals surface area contributed by atoms with Crippen LogP contribution in [0.1, 0.15) is 25.0 Å². The molecular formula is C22H23N7O2S2. The summed E-state index contributed by atoms with van der Waals surface area (Å²) in [5, 5.41) is 9.86. The Hall–Kier alpha value is -3.15. The number of rotatable bonds is 6. The van der Waals surface area contributed by atoms with Crippen molar-refractivity contribution in [3.63, 3.8) is 0 Å². The van der Waals surface area contributed by atoms with Gasteiger partial charge in [-0.05, 0) is 31.4 Å². The van der Waals surface area contributed by atoms with Crippen molar-refractivity contribution in [2.24, 2.45) is 5.73 Å². The average Bonchev–Trinajstić information content (AvgIpc) is 3.50. The van der Waals surface area contributed by atoms with Gasteiger partial charge in [-0.15, -0.1) is 11.3 Å². The molecule has 170 valence electrons. The van der Waals surface area contributed by atoms with Crippen LogP contribution in [0.3, 0.4) is 0 Å². The summed E-state index contributed by atoms with van der Waals surface area (Å²) in [4.78, 5) is 36.8. The van der Waals surface area contributed by atoms with Crippen LogP contribution in [0.2, 0.25) is 0 Å². The lowest BCUT2D eigenvalue weighted by atomic mass is 10.1. The fourth-order valence-electron chi connectivity index (χ4n) is 3.82. The predicted molar refractivity (Wildman–Crippen MR) is 131 cm³/mol. The molecule has 9 nitrogen and oxygen atoms in total. The van der Waals surface area contributed by atoms with Crippen LogP contribution in [0, 0.1) is 0 Å². The predicted octanol–water partition coefficient (Wildman–Crippen LogP) is 2.77. The van der Waals surface area contributed by atoms with E-state index >= 15 is 0 Å². The van der Waals surface area contributed by atoms with E-state index in [1.165, 1.54) is 33.6 Å². The largest absolute Gasteiger partial charge is 0.356 e. The lowest BCUT2D eigenvalue weighted by Gasteiger charge is -2.27. The van der Waals surface area contributed by atoms with E-state index in [1.54, 1.807) is 17.6 Å². The Morgan fingerprint density at radius 3 is 2.85 bits per heavy atom. The molecule has 0 spiro atoms. The minimum Gasteiger partial charge on any atom is -0.356 e. The van der Waals surface area contributed by atoms with Crippen LogP contribution in [0.4, 0.5) is 11.5 Å². The number of carbonyl (C=O) groups is 1. The van der Waals surface area contributed by atoms with Gasteiger partial charge in [0, 0.05) is 42.2 Å². The number of nitrogens with zero attached hydrogens (tertiary/aromatic N) is 5. The summed E-state index contributed by atoms with van der Waals surface area (Å²) >= 11 is 2.82. The highest BCUT2D eigenvalue weighted by molar-refractivity contribution is 7.19. The van der Waals surface area contributed by atoms with Gasteiger partial charge in [0.05, 0.1) is 17.2 Å². The molecule has 1 saturated heterocycles. The quantitative estimate of drug-likeness (QED) is 0.435. The average molecular weight is 482 g/mol. The molecule has 1 amide bonds. The van der Waals surface area contributed by atoms with Crippen LogP contribution >= 0.6 is 22.7 Å². The lowest BCUT2D eigenvalue weighted by molar-refractivity contribution is -0.117. The van der Waals surface area contributed by atoms with Crippen LogP contribution < -0.4 is 21.5 Å². The van der Waals surface area contributed by atoms with Gasteiger partial charge in [-0.25, -0.2) is 9.97 Å². The Morgan fingerprint density at radius 1 is 1.21 bits per heavy atom. The van der Waals surface area contributed by atoms with Crippen molar-refractivity contribution in [2.45, 2.75) is 31.7 Å². The minimum atomic E-state index is -0.700. The highest BCUT2D eigenvalue weighted by atomic mass is 32.1. The fourth-order valence-corrected chi connectivity index (χ4v) is 5.29. The summed E-state index contributed by atoms with van der Waals surface area (Å²) in [5.41, 5.74) is 9.76. The van der Waals surface area contributed by atoms with E-state index in [1.807, 2.05) is 23.6 Å². The molecule has 1 aromatic carbocycles. The van der Waals surface area contributed by atoms with Gasteiger partial charge in [-0.2, -0.15) is 9.61 Å². The summed E-state index contributed by atoms with van der Waals surface area (Å²) in [6, 6.07) is 8.19. The van der Waals surface area contributed by atoms with Crippen LogP contribution in [-0.2, 0) is 11.2 Å². The summed E-state index contributed by atoms with van der Waals surface area (Å²) in [7, 11) is 0. The zero-order valence-corrected chi connectivity index (χ0v) is 19.4. The van der Waals surface area contributed by atoms with Crippen molar-refractivity contribution in [1.29, 1.82) is 0 Å². The second-order valence-corrected chi connectivity index (χ2v) is 9.64. The smallest absolute Gasteiger partial charge is 0.277 e. The van der Waals surface area contributed by atoms with Gasteiger partial charge in [-0.1, -0.05) is 23.5 Å². The number of hydrogen-bond acceptors (Lipinski definition) is 9. The Labute approximate surface area is 197 Å². The van der Waals surface area contributed by atoms with Crippen LogP contribution in [0.15, 0.2) is 46.0 Å². The molecule has 4 aromatic rings. The Morgan fingerprint density at radius 2 is 2.06 bits per heavy atom. The third kappa shape index (κ3) is 4.80. The molecule has 1 aliphatic heterocycles. The number of anilines is 2. The minimum absolute atomic E-state index is 0.194. The standard InChI is InChI=1S/C22H23N7O2S2/c23-17(10-16-12-32-13-24-16)20(31)25-15-6-4-5-14(9-15)21-27-29-19(30)11-18(26-22(29)33-21)28-7-2-1-3-8-28/h4-6,9,11-13,17H,1-3,7-8,10,23H2,(H,25,31)/t17-/m0/s1. The summed E-state index contributed by atoms with van der Waals surface area (Å²) in [6.45, 7) is 1.83. The molecule has 0 saturated carbocycles. The molecule has 3 N–H and O–H groups in total. The van der Waals surface area contributed by atoms with Crippen LogP contribution in [0.25, 0.3) is 15.5 Å². The number of nitrogens with one attached hydrogen (secondary N) is 1. The Kier molecular flexibility index (Phi) is 6.16. The van der Waals surface area contributed by atoms with Gasteiger partial charge in [-0.3, -0.25) is 9.59 Å². The zero-order valence-electron chi connectivity index (χ0n) is 17.8. The highest BCUT2D eigenvalue weighted by Crippen LogP contribution is 2.28. The zero-order chi connectivity index (χ0) is 22.8. The molecule has 1 aliphatic rings. The summed E-state index contributed by atoms with van der Waals surface area (Å²) in [6.07, 6.45) is 3.81. The van der Waals surface area contributed by atoms with Crippen molar-refractivity contribution in [2.75, 3.05) is 23.3 Å². The summed E-state index contributed by atoms with van der Waals surface area (Å²) in [5.74, 6) is 0.429. The van der Waals surface area contributed by atoms with E-state index in [0.717, 1.165) is 37.2 Å². The monoisotopic (exact) mass is 481 g/mol. The van der Waals surface area contributed by atoms with E-state index in [0.29, 0.717) is 27.9 Å². The number of hydrogen-bond donors (Lipinski definition) is 2. The molecular weight excluding hydrogens is 458 g/mol. The first-order chi connectivity index (χ1) is 16.1. The maximum Gasteiger partial charge on any atom is 0.277 e. The van der Waals surface area contributed by atoms with Crippen molar-refractivity contribution < 1.29 is 4.79 Å². The molecule has 0 unspecified atom stereocenters. The summed E-state index contributed by atoms with van der Waals surface area (Å²) < 4.78 is 1.34. The molecule has 0 radical (unpaired) electrons. The molecule has 0 aliphatic carbocycles. The molecule has 3 aromatic heterocycles. The second kappa shape index (κ2) is 9.38. The molecule has 33 heavy (non-hydrogen) atoms. The van der Waals surface area contributed by atoms with E-state index in [-0.39, 0.29) is 11.5 Å². The highest BCUT2D eigenvalue weighted by Gasteiger charge is 2.18. The molecule has 1 fully saturated rings. The van der Waals surface area contributed by atoms with Crippen molar-refractivity contribution in [3.05, 3.63) is 57.3 Å². The number of fused-ring (bicyclic) bond motifs is 1. The normalized spacial score (nSPS) is 15.0. The van der Waals surface area contributed by atoms with E-state index in [9.17, 15) is 9.59 Å². The number of piperidine rings is 1. The van der Waals surface area contributed by atoms with Gasteiger partial charge < -0.3 is 16.0 Å². The van der Waals surface area contributed by atoms with Gasteiger partial charge in [0.25, 0.3) is 5.56 Å².